The van der Waals surface area contributed by atoms with Crippen LogP contribution in [0, 0.1) is 0 Å². The molecule has 62 heavy (non-hydrogen) atoms. The summed E-state index contributed by atoms with van der Waals surface area (Å²) >= 11 is 11.2. The number of methoxy groups -OCH3 is 4. The van der Waals surface area contributed by atoms with Crippen molar-refractivity contribution in [2.24, 2.45) is 0 Å². The minimum Gasteiger partial charge on any atom is -0.481 e. The fourth-order valence-corrected chi connectivity index (χ4v) is 7.53. The van der Waals surface area contributed by atoms with Crippen LogP contribution in [0.3, 0.4) is 0 Å². The lowest BCUT2D eigenvalue weighted by Crippen LogP contribution is -2.32. The minimum absolute atomic E-state index is 0.00502. The first kappa shape index (κ1) is 71.8. The van der Waals surface area contributed by atoms with Gasteiger partial charge < -0.3 is 69.3 Å². The average Bonchev–Trinajstić information content (AvgIpc) is 3.25. The van der Waals surface area contributed by atoms with Crippen molar-refractivity contribution in [3.63, 3.8) is 0 Å². The quantitative estimate of drug-likeness (QED) is 0.0251. The van der Waals surface area contributed by atoms with Crippen LogP contribution >= 0.6 is 103 Å². The Labute approximate surface area is 397 Å². The Kier molecular flexibility index (Phi) is 62.0. The Morgan fingerprint density at radius 1 is 0.565 bits per heavy atom. The Balaban J connectivity index is -0.000000151. The molecule has 0 bridgehead atoms. The van der Waals surface area contributed by atoms with E-state index < -0.39 is 85.4 Å². The molecule has 1 fully saturated rings. The van der Waals surface area contributed by atoms with Gasteiger partial charge in [0.25, 0.3) is 0 Å². The van der Waals surface area contributed by atoms with Gasteiger partial charge in [0.2, 0.25) is 0 Å². The molecule has 8 N–H and O–H groups in total. The number of carbonyl (C=O) groups excluding carboxylic acids is 6. The van der Waals surface area contributed by atoms with Gasteiger partial charge in [-0.2, -0.15) is 37.9 Å². The van der Waals surface area contributed by atoms with E-state index in [0.717, 1.165) is 43.2 Å². The van der Waals surface area contributed by atoms with E-state index in [1.165, 1.54) is 35.4 Å². The molecule has 0 aromatic carbocycles. The van der Waals surface area contributed by atoms with Crippen LogP contribution in [0.25, 0.3) is 0 Å². The van der Waals surface area contributed by atoms with Crippen LogP contribution in [0.4, 0.5) is 0 Å². The zero-order chi connectivity index (χ0) is 49.5. The van der Waals surface area contributed by atoms with E-state index >= 15 is 0 Å². The molecule has 366 valence electrons. The Bertz CT molecular complexity index is 1160. The average molecular weight is 1070 g/mol. The summed E-state index contributed by atoms with van der Waals surface area (Å²) < 4.78 is 25.4. The molecule has 1 rings (SSSR count). The summed E-state index contributed by atoms with van der Waals surface area (Å²) in [6, 6.07) is 0. The van der Waals surface area contributed by atoms with Crippen LogP contribution in [-0.4, -0.2) is 219 Å². The molecule has 1 heterocycles. The molecule has 0 amide bonds. The van der Waals surface area contributed by atoms with Gasteiger partial charge in [0, 0.05) is 29.9 Å². The van der Waals surface area contributed by atoms with Gasteiger partial charge in [-0.25, -0.2) is 14.4 Å². The monoisotopic (exact) mass is 1070 g/mol. The molecule has 0 aromatic rings. The molecule has 0 saturated carbocycles. The number of aliphatic hydroxyl groups is 5. The van der Waals surface area contributed by atoms with E-state index in [-0.39, 0.29) is 52.8 Å². The first-order valence-corrected chi connectivity index (χ1v) is 25.5. The van der Waals surface area contributed by atoms with E-state index in [9.17, 15) is 43.2 Å². The number of ether oxygens (including phenoxy) is 6. The highest BCUT2D eigenvalue weighted by atomic mass is 33.1. The lowest BCUT2D eigenvalue weighted by Gasteiger charge is -2.20. The van der Waals surface area contributed by atoms with Crippen LogP contribution in [0.2, 0.25) is 0 Å². The van der Waals surface area contributed by atoms with Crippen LogP contribution < -0.4 is 0 Å². The Hall–Kier alpha value is -1.82. The van der Waals surface area contributed by atoms with E-state index in [1.54, 1.807) is 21.6 Å². The van der Waals surface area contributed by atoms with Gasteiger partial charge >= 0.3 is 53.7 Å². The van der Waals surface area contributed by atoms with Gasteiger partial charge in [0.15, 0.2) is 13.2 Å². The zero-order valence-corrected chi connectivity index (χ0v) is 41.4. The Morgan fingerprint density at radius 3 is 1.08 bits per heavy atom. The maximum absolute atomic E-state index is 10.9. The number of carboxylic acid groups (broad SMARTS) is 3. The fraction of sp³-hybridized carbons (Fsp3) is 0.700. The predicted molar refractivity (Wildman–Crippen MR) is 246 cm³/mol. The van der Waals surface area contributed by atoms with Crippen LogP contribution in [0.1, 0.15) is 6.92 Å². The van der Waals surface area contributed by atoms with Crippen molar-refractivity contribution >= 4 is 156 Å². The predicted octanol–water partition coefficient (Wildman–Crippen LogP) is -0.660. The number of hydrogen-bond acceptors (Lipinski definition) is 29. The first-order chi connectivity index (χ1) is 29.0. The molecule has 0 spiro atoms. The number of rotatable bonds is 19. The van der Waals surface area contributed by atoms with Gasteiger partial charge in [0.05, 0.1) is 58.6 Å². The third-order valence-electron chi connectivity index (χ3n) is 4.64. The molecule has 0 radical (unpaired) electrons. The number of esters is 6. The number of hydrogen-bond donors (Lipinski definition) is 11. The van der Waals surface area contributed by atoms with E-state index in [0.29, 0.717) is 11.5 Å². The van der Waals surface area contributed by atoms with Gasteiger partial charge in [-0.1, -0.05) is 64.8 Å². The molecule has 0 aliphatic carbocycles. The molecule has 4 atom stereocenters. The van der Waals surface area contributed by atoms with E-state index in [1.807, 2.05) is 0 Å². The number of carboxylic acids is 3. The van der Waals surface area contributed by atoms with Crippen molar-refractivity contribution in [3.05, 3.63) is 0 Å². The number of aliphatic carboxylic acids is 3. The van der Waals surface area contributed by atoms with Gasteiger partial charge in [-0.15, -0.1) is 0 Å². The summed E-state index contributed by atoms with van der Waals surface area (Å²) in [5.41, 5.74) is 0. The smallest absolute Gasteiger partial charge is 0.344 e. The van der Waals surface area contributed by atoms with Crippen molar-refractivity contribution in [2.75, 3.05) is 100 Å². The largest absolute Gasteiger partial charge is 0.481 e. The molecule has 23 nitrogen and oxygen atoms in total. The summed E-state index contributed by atoms with van der Waals surface area (Å²) in [6.45, 7) is 0.0753. The van der Waals surface area contributed by atoms with Crippen LogP contribution in [-0.2, 0) is 71.6 Å². The van der Waals surface area contributed by atoms with Gasteiger partial charge in [0.1, 0.15) is 29.6 Å². The number of aliphatic hydroxyl groups excluding tert-OH is 5. The summed E-state index contributed by atoms with van der Waals surface area (Å²) in [4.78, 5) is 91.2. The lowest BCUT2D eigenvalue weighted by atomic mass is 10.3. The molecule has 4 unspecified atom stereocenters. The third-order valence-corrected chi connectivity index (χ3v) is 12.3. The van der Waals surface area contributed by atoms with E-state index in [4.69, 9.17) is 40.9 Å². The van der Waals surface area contributed by atoms with Crippen molar-refractivity contribution in [2.45, 2.75) is 31.3 Å². The van der Waals surface area contributed by atoms with Crippen molar-refractivity contribution in [3.8, 4) is 0 Å². The third kappa shape index (κ3) is 67.3. The highest BCUT2D eigenvalue weighted by Gasteiger charge is 2.20. The van der Waals surface area contributed by atoms with Crippen molar-refractivity contribution in [1.29, 1.82) is 0 Å². The SMILES string of the molecule is COC(=O)CO.COC(=O)COC(=O)CS.COC(=O)COC(=O)CSSCC(=O)O.COC(C)=O.O=C(O)CSSCC(=O)O.OC(CS)C(O)CS.OC1CSSCC1O. The summed E-state index contributed by atoms with van der Waals surface area (Å²) in [5, 5.41) is 67.6. The van der Waals surface area contributed by atoms with Crippen LogP contribution in [0.5, 0.6) is 0 Å². The van der Waals surface area contributed by atoms with Gasteiger partial charge in [-0.3, -0.25) is 28.8 Å². The van der Waals surface area contributed by atoms with Gasteiger partial charge in [-0.05, 0) is 0 Å². The fourth-order valence-electron chi connectivity index (χ4n) is 1.62. The summed E-state index contributed by atoms with van der Waals surface area (Å²) in [6.07, 6.45) is -2.48. The second-order valence-electron chi connectivity index (χ2n) is 9.50. The maximum Gasteiger partial charge on any atom is 0.344 e. The minimum atomic E-state index is -0.949. The topological polar surface area (TPSA) is 371 Å². The van der Waals surface area contributed by atoms with Crippen molar-refractivity contribution < 1.29 is 112 Å². The van der Waals surface area contributed by atoms with Crippen LogP contribution in [0.15, 0.2) is 0 Å². The Morgan fingerprint density at radius 2 is 0.871 bits per heavy atom. The number of carbonyl (C=O) groups is 9. The van der Waals surface area contributed by atoms with E-state index in [2.05, 4.69) is 66.3 Å². The van der Waals surface area contributed by atoms with Crippen molar-refractivity contribution in [1.82, 2.24) is 0 Å². The molecule has 32 heteroatoms. The molecule has 1 aliphatic rings. The molecule has 1 aliphatic heterocycles. The standard InChI is InChI=1S/C7H10O6S2.C5H8O4S.C4H6O4S2.C4H8O2S2.C4H10O2S2.C3H6O3.C3H6O2/c1-12-6(10)2-13-7(11)4-15-14-3-5(8)9;1-8-4(6)2-9-5(7)3-10;5-3(6)1-9-10-2-4(7)8;5-3-1-7-8-2-4(3)6;5-3(1-7)4(6)2-8;1-6-3(5)2-4;1-3(4)5-2/h2-4H2,1H3,(H,8,9);10H,2-3H2,1H3;1-2H2,(H,5,6)(H,7,8);3-6H,1-2H2;3-8H,1-2H2;4H,2H2,1H3;1-2H3. The number of thiol groups is 3. The zero-order valence-electron chi connectivity index (χ0n) is 33.8. The second kappa shape index (κ2) is 53.5. The highest BCUT2D eigenvalue weighted by molar-refractivity contribution is 8.77. The normalized spacial score (nSPS) is 13.9. The molecule has 1 saturated heterocycles. The molecule has 0 aromatic heterocycles. The summed E-state index contributed by atoms with van der Waals surface area (Å²) in [7, 11) is 12.3. The molecular formula is C30H54O23S9. The molecular weight excluding hydrogens is 1020 g/mol. The highest BCUT2D eigenvalue weighted by Crippen LogP contribution is 2.29. The summed E-state index contributed by atoms with van der Waals surface area (Å²) in [5.74, 6) is -4.34. The maximum atomic E-state index is 10.9. The lowest BCUT2D eigenvalue weighted by molar-refractivity contribution is -0.155. The first-order valence-electron chi connectivity index (χ1n) is 16.1. The second-order valence-corrected chi connectivity index (χ2v) is 18.0.